The van der Waals surface area contributed by atoms with Gasteiger partial charge in [0, 0.05) is 31.9 Å². The van der Waals surface area contributed by atoms with Crippen LogP contribution in [0.3, 0.4) is 0 Å². The zero-order valence-corrected chi connectivity index (χ0v) is 10.5. The Bertz CT molecular complexity index is 322. The van der Waals surface area contributed by atoms with Crippen LogP contribution in [0, 0.1) is 6.92 Å². The quantitative estimate of drug-likeness (QED) is 0.858. The summed E-state index contributed by atoms with van der Waals surface area (Å²) in [7, 11) is 0. The molecule has 0 amide bonds. The van der Waals surface area contributed by atoms with Crippen LogP contribution in [-0.2, 0) is 6.54 Å². The second-order valence-corrected chi connectivity index (χ2v) is 4.38. The van der Waals surface area contributed by atoms with Gasteiger partial charge in [0.05, 0.1) is 5.69 Å². The fourth-order valence-corrected chi connectivity index (χ4v) is 2.01. The van der Waals surface area contributed by atoms with E-state index in [9.17, 15) is 0 Å². The Morgan fingerprint density at radius 3 is 2.75 bits per heavy atom. The van der Waals surface area contributed by atoms with Gasteiger partial charge < -0.3 is 5.73 Å². The van der Waals surface area contributed by atoms with Crippen LogP contribution in [0.4, 0.5) is 0 Å². The molecule has 0 unspecified atom stereocenters. The summed E-state index contributed by atoms with van der Waals surface area (Å²) in [6.07, 6.45) is 4.11. The highest BCUT2D eigenvalue weighted by atomic mass is 35.5. The van der Waals surface area contributed by atoms with Gasteiger partial charge in [-0.3, -0.25) is 9.88 Å². The number of hydrogen-bond acceptors (Lipinski definition) is 3. The third kappa shape index (κ3) is 3.44. The Labute approximate surface area is 103 Å². The summed E-state index contributed by atoms with van der Waals surface area (Å²) in [5, 5.41) is 0. The zero-order chi connectivity index (χ0) is 10.7. The summed E-state index contributed by atoms with van der Waals surface area (Å²) < 4.78 is 0. The van der Waals surface area contributed by atoms with E-state index in [0.29, 0.717) is 6.04 Å². The van der Waals surface area contributed by atoms with Crippen molar-refractivity contribution < 1.29 is 0 Å². The molecule has 2 heterocycles. The van der Waals surface area contributed by atoms with Gasteiger partial charge in [-0.25, -0.2) is 0 Å². The molecule has 2 rings (SSSR count). The number of aromatic nitrogens is 1. The maximum atomic E-state index is 5.88. The van der Waals surface area contributed by atoms with E-state index in [4.69, 9.17) is 5.73 Å². The largest absolute Gasteiger partial charge is 0.328 e. The molecule has 1 fully saturated rings. The molecule has 0 saturated carbocycles. The molecule has 0 aromatic carbocycles. The maximum absolute atomic E-state index is 5.88. The Hall–Kier alpha value is -0.640. The van der Waals surface area contributed by atoms with Crippen LogP contribution in [0.1, 0.15) is 24.1 Å². The highest BCUT2D eigenvalue weighted by Gasteiger charge is 2.16. The SMILES string of the molecule is Cc1cccnc1CN1CCC(N)CC1.Cl. The number of rotatable bonds is 2. The minimum absolute atomic E-state index is 0. The lowest BCUT2D eigenvalue weighted by molar-refractivity contribution is 0.203. The number of piperidine rings is 1. The predicted molar refractivity (Wildman–Crippen MR) is 68.7 cm³/mol. The molecule has 0 bridgehead atoms. The highest BCUT2D eigenvalue weighted by Crippen LogP contribution is 2.13. The van der Waals surface area contributed by atoms with Crippen molar-refractivity contribution in [2.45, 2.75) is 32.4 Å². The lowest BCUT2D eigenvalue weighted by atomic mass is 10.1. The summed E-state index contributed by atoms with van der Waals surface area (Å²) in [5.41, 5.74) is 8.36. The molecular weight excluding hydrogens is 222 g/mol. The first-order chi connectivity index (χ1) is 7.25. The summed E-state index contributed by atoms with van der Waals surface area (Å²) in [4.78, 5) is 6.86. The molecule has 90 valence electrons. The number of aryl methyl sites for hydroxylation is 1. The van der Waals surface area contributed by atoms with Gasteiger partial charge in [-0.05, 0) is 31.4 Å². The Morgan fingerprint density at radius 1 is 1.44 bits per heavy atom. The van der Waals surface area contributed by atoms with Crippen LogP contribution in [0.2, 0.25) is 0 Å². The fourth-order valence-electron chi connectivity index (χ4n) is 2.01. The van der Waals surface area contributed by atoms with E-state index in [0.717, 1.165) is 32.5 Å². The number of halogens is 1. The molecular formula is C12H20ClN3. The molecule has 1 saturated heterocycles. The first-order valence-electron chi connectivity index (χ1n) is 5.64. The van der Waals surface area contributed by atoms with Crippen molar-refractivity contribution in [3.63, 3.8) is 0 Å². The summed E-state index contributed by atoms with van der Waals surface area (Å²) in [5.74, 6) is 0. The monoisotopic (exact) mass is 241 g/mol. The van der Waals surface area contributed by atoms with Crippen LogP contribution < -0.4 is 5.73 Å². The topological polar surface area (TPSA) is 42.2 Å². The molecule has 1 aromatic heterocycles. The minimum Gasteiger partial charge on any atom is -0.328 e. The first-order valence-corrected chi connectivity index (χ1v) is 5.64. The van der Waals surface area contributed by atoms with Gasteiger partial charge in [0.15, 0.2) is 0 Å². The molecule has 3 nitrogen and oxygen atoms in total. The van der Waals surface area contributed by atoms with Crippen LogP contribution >= 0.6 is 12.4 Å². The van der Waals surface area contributed by atoms with Crippen LogP contribution in [-0.4, -0.2) is 29.0 Å². The van der Waals surface area contributed by atoms with Gasteiger partial charge in [0.1, 0.15) is 0 Å². The van der Waals surface area contributed by atoms with E-state index in [-0.39, 0.29) is 12.4 Å². The predicted octanol–water partition coefficient (Wildman–Crippen LogP) is 1.73. The van der Waals surface area contributed by atoms with Gasteiger partial charge in [-0.2, -0.15) is 0 Å². The average molecular weight is 242 g/mol. The molecule has 1 aliphatic heterocycles. The molecule has 16 heavy (non-hydrogen) atoms. The van der Waals surface area contributed by atoms with E-state index in [1.807, 2.05) is 12.3 Å². The van der Waals surface area contributed by atoms with Crippen molar-refractivity contribution in [3.8, 4) is 0 Å². The Kier molecular flexibility index (Phi) is 5.19. The second kappa shape index (κ2) is 6.18. The van der Waals surface area contributed by atoms with Crippen molar-refractivity contribution in [2.75, 3.05) is 13.1 Å². The lowest BCUT2D eigenvalue weighted by Crippen LogP contribution is -2.39. The van der Waals surface area contributed by atoms with Crippen molar-refractivity contribution in [3.05, 3.63) is 29.6 Å². The zero-order valence-electron chi connectivity index (χ0n) is 9.72. The number of likely N-dealkylation sites (tertiary alicyclic amines) is 1. The van der Waals surface area contributed by atoms with E-state index >= 15 is 0 Å². The van der Waals surface area contributed by atoms with Gasteiger partial charge in [0.2, 0.25) is 0 Å². The normalized spacial score (nSPS) is 18.1. The lowest BCUT2D eigenvalue weighted by Gasteiger charge is -2.29. The third-order valence-electron chi connectivity index (χ3n) is 3.12. The van der Waals surface area contributed by atoms with Gasteiger partial charge in [-0.15, -0.1) is 12.4 Å². The molecule has 0 spiro atoms. The Balaban J connectivity index is 0.00000128. The van der Waals surface area contributed by atoms with Gasteiger partial charge >= 0.3 is 0 Å². The van der Waals surface area contributed by atoms with Crippen LogP contribution in [0.15, 0.2) is 18.3 Å². The van der Waals surface area contributed by atoms with Gasteiger partial charge in [-0.1, -0.05) is 6.07 Å². The standard InChI is InChI=1S/C12H19N3.ClH/c1-10-3-2-6-14-12(10)9-15-7-4-11(13)5-8-15;/h2-3,6,11H,4-5,7-9,13H2,1H3;1H. The number of nitrogens with zero attached hydrogens (tertiary/aromatic N) is 2. The number of hydrogen-bond donors (Lipinski definition) is 1. The van der Waals surface area contributed by atoms with Crippen LogP contribution in [0.25, 0.3) is 0 Å². The Morgan fingerprint density at radius 2 is 2.12 bits per heavy atom. The fraction of sp³-hybridized carbons (Fsp3) is 0.583. The average Bonchev–Trinajstić information content (AvgIpc) is 2.25. The second-order valence-electron chi connectivity index (χ2n) is 4.38. The maximum Gasteiger partial charge on any atom is 0.0573 e. The van der Waals surface area contributed by atoms with Crippen LogP contribution in [0.5, 0.6) is 0 Å². The molecule has 1 aliphatic rings. The smallest absolute Gasteiger partial charge is 0.0573 e. The van der Waals surface area contributed by atoms with E-state index in [1.165, 1.54) is 11.3 Å². The first kappa shape index (κ1) is 13.4. The molecule has 2 N–H and O–H groups in total. The minimum atomic E-state index is 0. The van der Waals surface area contributed by atoms with E-state index in [1.54, 1.807) is 0 Å². The van der Waals surface area contributed by atoms with Crippen molar-refractivity contribution in [2.24, 2.45) is 5.73 Å². The van der Waals surface area contributed by atoms with E-state index in [2.05, 4.69) is 22.9 Å². The summed E-state index contributed by atoms with van der Waals surface area (Å²) in [6.45, 7) is 5.31. The third-order valence-corrected chi connectivity index (χ3v) is 3.12. The van der Waals surface area contributed by atoms with Crippen molar-refractivity contribution in [1.29, 1.82) is 0 Å². The molecule has 0 atom stereocenters. The molecule has 1 aromatic rings. The van der Waals surface area contributed by atoms with Crippen molar-refractivity contribution >= 4 is 12.4 Å². The molecule has 0 radical (unpaired) electrons. The van der Waals surface area contributed by atoms with Gasteiger partial charge in [0.25, 0.3) is 0 Å². The van der Waals surface area contributed by atoms with E-state index < -0.39 is 0 Å². The summed E-state index contributed by atoms with van der Waals surface area (Å²) in [6, 6.07) is 4.52. The molecule has 4 heteroatoms. The van der Waals surface area contributed by atoms with Crippen molar-refractivity contribution in [1.82, 2.24) is 9.88 Å². The highest BCUT2D eigenvalue weighted by molar-refractivity contribution is 5.85. The molecule has 0 aliphatic carbocycles. The number of pyridine rings is 1. The number of nitrogens with two attached hydrogens (primary N) is 1. The summed E-state index contributed by atoms with van der Waals surface area (Å²) >= 11 is 0.